The molecule has 0 aliphatic carbocycles. The number of ether oxygens (including phenoxy) is 1. The van der Waals surface area contributed by atoms with Gasteiger partial charge in [0.1, 0.15) is 0 Å². The van der Waals surface area contributed by atoms with Gasteiger partial charge in [-0.05, 0) is 5.53 Å². The van der Waals surface area contributed by atoms with E-state index >= 15 is 0 Å². The summed E-state index contributed by atoms with van der Waals surface area (Å²) in [5.41, 5.74) is 7.92. The number of carbonyl (C=O) groups is 1. The number of hydrogen-bond acceptors (Lipinski definition) is 3. The van der Waals surface area contributed by atoms with Crippen LogP contribution in [0, 0.1) is 0 Å². The van der Waals surface area contributed by atoms with E-state index in [-0.39, 0.29) is 18.6 Å². The van der Waals surface area contributed by atoms with Gasteiger partial charge >= 0.3 is 5.97 Å². The van der Waals surface area contributed by atoms with Crippen LogP contribution in [0.5, 0.6) is 0 Å². The minimum Gasteiger partial charge on any atom is -0.465 e. The first kappa shape index (κ1) is 8.78. The Balaban J connectivity index is 3.48. The molecule has 1 unspecified atom stereocenters. The lowest BCUT2D eigenvalue weighted by molar-refractivity contribution is -0.141. The third-order valence-corrected chi connectivity index (χ3v) is 0.777. The van der Waals surface area contributed by atoms with Crippen molar-refractivity contribution in [2.24, 2.45) is 5.11 Å². The summed E-state index contributed by atoms with van der Waals surface area (Å²) in [4.78, 5) is 12.7. The van der Waals surface area contributed by atoms with Crippen molar-refractivity contribution in [3.8, 4) is 0 Å². The average Bonchev–Trinajstić information content (AvgIpc) is 1.85. The maximum absolute atomic E-state index is 10.2. The molecule has 0 saturated heterocycles. The van der Waals surface area contributed by atoms with Crippen molar-refractivity contribution in [3.05, 3.63) is 10.4 Å². The summed E-state index contributed by atoms with van der Waals surface area (Å²) in [6, 6.07) is -0.283. The van der Waals surface area contributed by atoms with Crippen molar-refractivity contribution in [1.29, 1.82) is 0 Å². The van der Waals surface area contributed by atoms with E-state index in [2.05, 4.69) is 14.8 Å². The van der Waals surface area contributed by atoms with Crippen molar-refractivity contribution in [2.45, 2.75) is 19.9 Å². The highest BCUT2D eigenvalue weighted by molar-refractivity contribution is 5.65. The molecule has 0 saturated carbocycles. The Bertz CT molecular complexity index is 162. The molecule has 0 radical (unpaired) electrons. The number of rotatable bonds is 3. The van der Waals surface area contributed by atoms with Crippen molar-refractivity contribution in [2.75, 3.05) is 6.61 Å². The average molecular weight is 143 g/mol. The molecule has 0 bridgehead atoms. The molecule has 0 aliphatic rings. The summed E-state index contributed by atoms with van der Waals surface area (Å²) < 4.78 is 4.55. The third kappa shape index (κ3) is 4.93. The van der Waals surface area contributed by atoms with Gasteiger partial charge in [0.05, 0.1) is 12.6 Å². The third-order valence-electron chi connectivity index (χ3n) is 0.777. The van der Waals surface area contributed by atoms with Gasteiger partial charge in [-0.1, -0.05) is 12.0 Å². The molecule has 0 fully saturated rings. The quantitative estimate of drug-likeness (QED) is 0.258. The van der Waals surface area contributed by atoms with E-state index in [1.165, 1.54) is 6.92 Å². The highest BCUT2D eigenvalue weighted by Gasteiger charge is 1.99. The molecule has 0 spiro atoms. The van der Waals surface area contributed by atoms with Crippen LogP contribution in [0.3, 0.4) is 0 Å². The molecule has 0 aromatic heterocycles. The van der Waals surface area contributed by atoms with Gasteiger partial charge in [-0.2, -0.15) is 0 Å². The molecule has 5 nitrogen and oxygen atoms in total. The van der Waals surface area contributed by atoms with Crippen LogP contribution in [0.4, 0.5) is 0 Å². The fourth-order valence-electron chi connectivity index (χ4n) is 0.359. The van der Waals surface area contributed by atoms with Gasteiger partial charge in [-0.25, -0.2) is 0 Å². The lowest BCUT2D eigenvalue weighted by Gasteiger charge is -2.02. The van der Waals surface area contributed by atoms with E-state index in [9.17, 15) is 4.79 Å². The molecule has 0 aromatic rings. The monoisotopic (exact) mass is 143 g/mol. The Morgan fingerprint density at radius 2 is 2.50 bits per heavy atom. The topological polar surface area (TPSA) is 75.1 Å². The van der Waals surface area contributed by atoms with Crippen LogP contribution in [0.25, 0.3) is 10.4 Å². The fraction of sp³-hybridized carbons (Fsp3) is 0.800. The molecule has 56 valence electrons. The van der Waals surface area contributed by atoms with Crippen LogP contribution in [-0.4, -0.2) is 18.6 Å². The van der Waals surface area contributed by atoms with Crippen molar-refractivity contribution in [1.82, 2.24) is 0 Å². The number of azide groups is 1. The van der Waals surface area contributed by atoms with Crippen LogP contribution >= 0.6 is 0 Å². The number of nitrogens with zero attached hydrogens (tertiary/aromatic N) is 3. The summed E-state index contributed by atoms with van der Waals surface area (Å²) in [6.45, 7) is 3.13. The lowest BCUT2D eigenvalue weighted by atomic mass is 10.4. The summed E-state index contributed by atoms with van der Waals surface area (Å²) >= 11 is 0. The zero-order valence-corrected chi connectivity index (χ0v) is 5.94. The molecular weight excluding hydrogens is 134 g/mol. The maximum atomic E-state index is 10.2. The molecule has 0 aliphatic heterocycles. The first-order valence-corrected chi connectivity index (χ1v) is 2.84. The minimum absolute atomic E-state index is 0.152. The highest BCUT2D eigenvalue weighted by atomic mass is 16.5. The number of hydrogen-bond donors (Lipinski definition) is 0. The largest absolute Gasteiger partial charge is 0.465 e. The van der Waals surface area contributed by atoms with Gasteiger partial charge in [0, 0.05) is 11.8 Å². The number of carbonyl (C=O) groups excluding carboxylic acids is 1. The highest BCUT2D eigenvalue weighted by Crippen LogP contribution is 1.90. The van der Waals surface area contributed by atoms with E-state index in [1.54, 1.807) is 6.92 Å². The molecule has 0 heterocycles. The fourth-order valence-corrected chi connectivity index (χ4v) is 0.359. The van der Waals surface area contributed by atoms with Gasteiger partial charge in [-0.3, -0.25) is 4.79 Å². The standard InChI is InChI=1S/C5H9N3O2/c1-4(7-8-6)3-10-5(2)9/h4H,3H2,1-2H3. The molecule has 10 heavy (non-hydrogen) atoms. The van der Waals surface area contributed by atoms with E-state index < -0.39 is 0 Å². The second-order valence-electron chi connectivity index (χ2n) is 1.86. The Hall–Kier alpha value is -1.22. The zero-order chi connectivity index (χ0) is 7.98. The second kappa shape index (κ2) is 4.64. The van der Waals surface area contributed by atoms with Crippen LogP contribution < -0.4 is 0 Å². The van der Waals surface area contributed by atoms with E-state index in [1.807, 2.05) is 0 Å². The van der Waals surface area contributed by atoms with Crippen LogP contribution in [0.15, 0.2) is 5.11 Å². The summed E-state index contributed by atoms with van der Waals surface area (Å²) in [7, 11) is 0. The van der Waals surface area contributed by atoms with Crippen LogP contribution in [-0.2, 0) is 9.53 Å². The van der Waals surface area contributed by atoms with Gasteiger partial charge in [-0.15, -0.1) is 0 Å². The van der Waals surface area contributed by atoms with Gasteiger partial charge in [0.15, 0.2) is 0 Å². The predicted molar refractivity (Wildman–Crippen MR) is 35.2 cm³/mol. The molecule has 0 rings (SSSR count). The molecule has 5 heteroatoms. The molecule has 0 N–H and O–H groups in total. The first-order valence-electron chi connectivity index (χ1n) is 2.84. The molecular formula is C5H9N3O2. The normalized spacial score (nSPS) is 11.4. The van der Waals surface area contributed by atoms with Crippen molar-refractivity contribution < 1.29 is 9.53 Å². The first-order chi connectivity index (χ1) is 4.66. The van der Waals surface area contributed by atoms with E-state index in [4.69, 9.17) is 5.53 Å². The lowest BCUT2D eigenvalue weighted by Crippen LogP contribution is -2.10. The predicted octanol–water partition coefficient (Wildman–Crippen LogP) is 1.25. The Labute approximate surface area is 58.6 Å². The molecule has 0 amide bonds. The summed E-state index contributed by atoms with van der Waals surface area (Å²) in [5, 5.41) is 3.30. The second-order valence-corrected chi connectivity index (χ2v) is 1.86. The smallest absolute Gasteiger partial charge is 0.302 e. The van der Waals surface area contributed by atoms with Gasteiger partial charge < -0.3 is 4.74 Å². The summed E-state index contributed by atoms with van der Waals surface area (Å²) in [5.74, 6) is -0.361. The Morgan fingerprint density at radius 1 is 1.90 bits per heavy atom. The summed E-state index contributed by atoms with van der Waals surface area (Å²) in [6.07, 6.45) is 0. The Kier molecular flexibility index (Phi) is 4.07. The van der Waals surface area contributed by atoms with Crippen LogP contribution in [0.1, 0.15) is 13.8 Å². The van der Waals surface area contributed by atoms with Gasteiger partial charge in [0.25, 0.3) is 0 Å². The van der Waals surface area contributed by atoms with E-state index in [0.29, 0.717) is 0 Å². The van der Waals surface area contributed by atoms with E-state index in [0.717, 1.165) is 0 Å². The SMILES string of the molecule is CC(=O)OCC(C)N=[N+]=[N-]. The molecule has 1 atom stereocenters. The van der Waals surface area contributed by atoms with Crippen LogP contribution in [0.2, 0.25) is 0 Å². The van der Waals surface area contributed by atoms with Crippen molar-refractivity contribution >= 4 is 5.97 Å². The maximum Gasteiger partial charge on any atom is 0.302 e. The van der Waals surface area contributed by atoms with Gasteiger partial charge in [0.2, 0.25) is 0 Å². The minimum atomic E-state index is -0.361. The molecule has 0 aromatic carbocycles. The zero-order valence-electron chi connectivity index (χ0n) is 5.94. The number of esters is 1. The van der Waals surface area contributed by atoms with Crippen molar-refractivity contribution in [3.63, 3.8) is 0 Å². The Morgan fingerprint density at radius 3 is 2.90 bits per heavy atom.